The molecular weight excluding hydrogens is 272 g/mol. The Hall–Kier alpha value is 2.91. The summed E-state index contributed by atoms with van der Waals surface area (Å²) in [4.78, 5) is 0. The van der Waals surface area contributed by atoms with Crippen LogP contribution in [-0.2, 0) is 11.4 Å². The molecule has 0 rings (SSSR count). The molecule has 37 valence electrons. The summed E-state index contributed by atoms with van der Waals surface area (Å²) in [6.07, 6.45) is 0. The van der Waals surface area contributed by atoms with Crippen LogP contribution >= 0.6 is 0 Å². The summed E-state index contributed by atoms with van der Waals surface area (Å²) >= 11 is -2.61. The van der Waals surface area contributed by atoms with Crippen molar-refractivity contribution in [1.29, 1.82) is 0 Å². The average molecular weight is 276 g/mol. The summed E-state index contributed by atoms with van der Waals surface area (Å²) in [6.45, 7) is 0. The number of rotatable bonds is 0. The molecule has 0 aliphatic rings. The molecule has 0 aromatic rings. The van der Waals surface area contributed by atoms with Gasteiger partial charge in [-0.2, -0.15) is 4.21 Å². The molecule has 6 heavy (non-hydrogen) atoms. The van der Waals surface area contributed by atoms with Crippen LogP contribution in [0.3, 0.4) is 0 Å². The van der Waals surface area contributed by atoms with E-state index in [1.54, 1.807) is 0 Å². The van der Waals surface area contributed by atoms with E-state index in [1.165, 1.54) is 0 Å². The van der Waals surface area contributed by atoms with Crippen molar-refractivity contribution in [3.05, 3.63) is 0 Å². The summed E-state index contributed by atoms with van der Waals surface area (Å²) in [5.74, 6) is 0. The first-order valence-corrected chi connectivity index (χ1v) is 1.60. The Morgan fingerprint density at radius 1 is 1.33 bits per heavy atom. The molecule has 0 spiro atoms. The Balaban J connectivity index is -0.0000000450. The minimum atomic E-state index is -2.61. The van der Waals surface area contributed by atoms with E-state index >= 15 is 0 Å². The maximum Gasteiger partial charge on any atom is 0 e. The maximum absolute atomic E-state index is 8.67. The second kappa shape index (κ2) is 10.8. The third-order valence-electron chi connectivity index (χ3n) is 0. The minimum Gasteiger partial charge on any atom is 0 e. The Kier molecular flexibility index (Phi) is 28.8. The van der Waals surface area contributed by atoms with Crippen molar-refractivity contribution in [2.24, 2.45) is 0 Å². The molecule has 0 aliphatic carbocycles. The first kappa shape index (κ1) is 16.0. The third-order valence-corrected chi connectivity index (χ3v) is 0. The first-order valence-electron chi connectivity index (χ1n) is 0.532. The third kappa shape index (κ3) is 28.5. The fraction of sp³-hybridized carbons (Fsp3) is 0. The van der Waals surface area contributed by atoms with Crippen LogP contribution in [0.2, 0.25) is 0 Å². The smallest absolute Gasteiger partial charge is 0 e. The van der Waals surface area contributed by atoms with Crippen molar-refractivity contribution in [2.75, 3.05) is 0 Å². The molecular formula is H4CaEuO3S. The molecule has 0 amide bonds. The zero-order valence-electron chi connectivity index (χ0n) is 2.09. The van der Waals surface area contributed by atoms with Gasteiger partial charge in [-0.15, -0.1) is 0 Å². The summed E-state index contributed by atoms with van der Waals surface area (Å²) in [6, 6.07) is 0. The van der Waals surface area contributed by atoms with Crippen LogP contribution in [0.15, 0.2) is 0 Å². The maximum atomic E-state index is 8.67. The first-order chi connectivity index (χ1) is 1.73. The summed E-state index contributed by atoms with van der Waals surface area (Å²) in [5, 5.41) is 0. The van der Waals surface area contributed by atoms with Crippen LogP contribution in [0.5, 0.6) is 0 Å². The van der Waals surface area contributed by atoms with Crippen molar-refractivity contribution in [3.63, 3.8) is 0 Å². The molecule has 0 aliphatic heterocycles. The Morgan fingerprint density at radius 3 is 1.33 bits per heavy atom. The number of hydrogen-bond donors (Lipinski definition) is 2. The van der Waals surface area contributed by atoms with E-state index in [0.29, 0.717) is 0 Å². The van der Waals surface area contributed by atoms with Crippen LogP contribution in [0.4, 0.5) is 0 Å². The van der Waals surface area contributed by atoms with E-state index in [2.05, 4.69) is 0 Å². The average Bonchev–Trinajstić information content (AvgIpc) is 0.811. The van der Waals surface area contributed by atoms with Crippen LogP contribution in [0.1, 0.15) is 0 Å². The van der Waals surface area contributed by atoms with Gasteiger partial charge < -0.3 is 0 Å². The molecule has 0 atom stereocenters. The molecule has 6 heteroatoms. The molecule has 0 saturated heterocycles. The Morgan fingerprint density at radius 2 is 1.33 bits per heavy atom. The molecule has 0 unspecified atom stereocenters. The van der Waals surface area contributed by atoms with Gasteiger partial charge >= 0.3 is 37.7 Å². The molecule has 1 radical (unpaired) electrons. The van der Waals surface area contributed by atoms with Crippen LogP contribution in [0, 0.1) is 49.4 Å². The zero-order valence-corrected chi connectivity index (χ0v) is 5.33. The van der Waals surface area contributed by atoms with Gasteiger partial charge in [-0.3, -0.25) is 9.11 Å². The molecule has 0 bridgehead atoms. The number of hydrogen-bond acceptors (Lipinski definition) is 1. The molecule has 3 nitrogen and oxygen atoms in total. The van der Waals surface area contributed by atoms with Gasteiger partial charge in [0, 0.05) is 49.4 Å². The van der Waals surface area contributed by atoms with E-state index < -0.39 is 11.4 Å². The van der Waals surface area contributed by atoms with Crippen LogP contribution < -0.4 is 0 Å². The normalized spacial score (nSPS) is 5.83. The zero-order chi connectivity index (χ0) is 3.58. The van der Waals surface area contributed by atoms with E-state index in [-0.39, 0.29) is 87.1 Å². The van der Waals surface area contributed by atoms with Gasteiger partial charge in [0.1, 0.15) is 0 Å². The van der Waals surface area contributed by atoms with E-state index in [0.717, 1.165) is 0 Å². The molecule has 0 fully saturated rings. The summed E-state index contributed by atoms with van der Waals surface area (Å²) in [7, 11) is 0. The van der Waals surface area contributed by atoms with Gasteiger partial charge in [0.2, 0.25) is 0 Å². The molecule has 0 aromatic heterocycles. The van der Waals surface area contributed by atoms with Gasteiger partial charge in [-0.05, 0) is 0 Å². The largest absolute Gasteiger partial charge is 0 e. The minimum absolute atomic E-state index is 0. The van der Waals surface area contributed by atoms with Crippen molar-refractivity contribution < 1.29 is 62.7 Å². The van der Waals surface area contributed by atoms with Crippen molar-refractivity contribution in [3.8, 4) is 0 Å². The quantitative estimate of drug-likeness (QED) is 0.430. The van der Waals surface area contributed by atoms with E-state index in [4.69, 9.17) is 13.3 Å². The van der Waals surface area contributed by atoms with Crippen LogP contribution in [-0.4, -0.2) is 51.1 Å². The molecule has 0 aromatic carbocycles. The van der Waals surface area contributed by atoms with Crippen LogP contribution in [0.25, 0.3) is 0 Å². The fourth-order valence-electron chi connectivity index (χ4n) is 0. The summed E-state index contributed by atoms with van der Waals surface area (Å²) in [5.41, 5.74) is 0. The predicted octanol–water partition coefficient (Wildman–Crippen LogP) is -1.24. The molecule has 0 heterocycles. The standard InChI is InChI=1S/Ca.Eu.H2O3S.2H/c;;1-4(2)3;;/h;;(H2,1,2,3);;. The van der Waals surface area contributed by atoms with Gasteiger partial charge in [-0.1, -0.05) is 0 Å². The monoisotopic (exact) mass is 277 g/mol. The van der Waals surface area contributed by atoms with Gasteiger partial charge in [0.15, 0.2) is 0 Å². The van der Waals surface area contributed by atoms with Crippen molar-refractivity contribution in [2.45, 2.75) is 0 Å². The van der Waals surface area contributed by atoms with E-state index in [1.807, 2.05) is 0 Å². The van der Waals surface area contributed by atoms with Gasteiger partial charge in [0.05, 0.1) is 0 Å². The van der Waals surface area contributed by atoms with Gasteiger partial charge in [-0.25, -0.2) is 0 Å². The SMILES string of the molecule is O=S(O)O.[CaH2].[Eu]. The van der Waals surface area contributed by atoms with Crippen molar-refractivity contribution >= 4 is 49.1 Å². The summed E-state index contributed by atoms with van der Waals surface area (Å²) < 4.78 is 22.8. The van der Waals surface area contributed by atoms with E-state index in [9.17, 15) is 0 Å². The topological polar surface area (TPSA) is 57.5 Å². The predicted molar refractivity (Wildman–Crippen MR) is 21.9 cm³/mol. The Labute approximate surface area is 109 Å². The Bertz CT molecular complexity index is 33.8. The van der Waals surface area contributed by atoms with Crippen molar-refractivity contribution in [1.82, 2.24) is 0 Å². The second-order valence-electron chi connectivity index (χ2n) is 0.231. The molecule has 2 N–H and O–H groups in total. The molecule has 0 saturated carbocycles. The van der Waals surface area contributed by atoms with Gasteiger partial charge in [0.25, 0.3) is 11.4 Å². The fourth-order valence-corrected chi connectivity index (χ4v) is 0. The second-order valence-corrected chi connectivity index (χ2v) is 0.692.